The van der Waals surface area contributed by atoms with Gasteiger partial charge in [0.1, 0.15) is 5.75 Å². The molecule has 1 amide bonds. The highest BCUT2D eigenvalue weighted by atomic mass is 16.5. The van der Waals surface area contributed by atoms with E-state index in [4.69, 9.17) is 10.5 Å². The molecule has 0 spiro atoms. The van der Waals surface area contributed by atoms with Crippen molar-refractivity contribution in [1.82, 2.24) is 10.2 Å². The lowest BCUT2D eigenvalue weighted by molar-refractivity contribution is -0.119. The lowest BCUT2D eigenvalue weighted by atomic mass is 10.2. The Morgan fingerprint density at radius 1 is 1.47 bits per heavy atom. The highest BCUT2D eigenvalue weighted by molar-refractivity contribution is 5.75. The third kappa shape index (κ3) is 4.54. The number of hydrogen-bond acceptors (Lipinski definition) is 4. The summed E-state index contributed by atoms with van der Waals surface area (Å²) in [6.07, 6.45) is 1.20. The molecule has 1 heterocycles. The minimum Gasteiger partial charge on any atom is -0.484 e. The van der Waals surface area contributed by atoms with Crippen molar-refractivity contribution in [2.24, 2.45) is 5.73 Å². The van der Waals surface area contributed by atoms with Crippen LogP contribution in [0.5, 0.6) is 5.75 Å². The summed E-state index contributed by atoms with van der Waals surface area (Å²) in [5.41, 5.74) is 6.23. The average Bonchev–Trinajstić information content (AvgIpc) is 2.81. The van der Waals surface area contributed by atoms with E-state index in [-0.39, 0.29) is 6.61 Å². The number of hydrogen-bond donors (Lipinski definition) is 2. The van der Waals surface area contributed by atoms with Gasteiger partial charge in [-0.15, -0.1) is 0 Å². The van der Waals surface area contributed by atoms with Crippen molar-refractivity contribution in [2.45, 2.75) is 19.0 Å². The largest absolute Gasteiger partial charge is 0.484 e. The Labute approximate surface area is 113 Å². The number of likely N-dealkylation sites (tertiary alicyclic amines) is 1. The van der Waals surface area contributed by atoms with Crippen LogP contribution in [0.2, 0.25) is 0 Å². The number of carbonyl (C=O) groups is 1. The van der Waals surface area contributed by atoms with Gasteiger partial charge in [0, 0.05) is 19.1 Å². The van der Waals surface area contributed by atoms with Crippen LogP contribution in [0.4, 0.5) is 0 Å². The summed E-state index contributed by atoms with van der Waals surface area (Å²) in [5.74, 6) is 0.208. The molecule has 1 aromatic rings. The molecule has 5 nitrogen and oxygen atoms in total. The van der Waals surface area contributed by atoms with Crippen molar-refractivity contribution in [3.8, 4) is 5.75 Å². The second-order valence-corrected chi connectivity index (χ2v) is 5.03. The Hall–Kier alpha value is -1.59. The molecular formula is C14H21N3O2. The van der Waals surface area contributed by atoms with Gasteiger partial charge >= 0.3 is 0 Å². The zero-order chi connectivity index (χ0) is 13.7. The molecule has 0 radical (unpaired) electrons. The monoisotopic (exact) mass is 263 g/mol. The Morgan fingerprint density at radius 3 is 2.79 bits per heavy atom. The second-order valence-electron chi connectivity index (χ2n) is 5.03. The number of likely N-dealkylation sites (N-methyl/N-ethyl adjacent to an activating group) is 1. The molecule has 1 saturated heterocycles. The Morgan fingerprint density at radius 2 is 2.21 bits per heavy atom. The molecule has 1 unspecified atom stereocenters. The van der Waals surface area contributed by atoms with Gasteiger partial charge in [-0.3, -0.25) is 4.79 Å². The first kappa shape index (κ1) is 13.8. The standard InChI is InChI=1S/C14H21N3O2/c1-17-7-6-12(9-17)16-8-11-2-4-13(5-3-11)19-10-14(15)18/h2-5,12,16H,6-10H2,1H3,(H2,15,18). The number of benzene rings is 1. The van der Waals surface area contributed by atoms with Gasteiger partial charge in [0.2, 0.25) is 0 Å². The van der Waals surface area contributed by atoms with Crippen molar-refractivity contribution >= 4 is 5.91 Å². The second kappa shape index (κ2) is 6.54. The fraction of sp³-hybridized carbons (Fsp3) is 0.500. The summed E-state index contributed by atoms with van der Waals surface area (Å²) in [5, 5.41) is 3.54. The highest BCUT2D eigenvalue weighted by Crippen LogP contribution is 2.13. The van der Waals surface area contributed by atoms with Gasteiger partial charge in [-0.05, 0) is 37.7 Å². The van der Waals surface area contributed by atoms with Crippen molar-refractivity contribution in [3.05, 3.63) is 29.8 Å². The molecule has 0 saturated carbocycles. The van der Waals surface area contributed by atoms with Gasteiger partial charge in [0.25, 0.3) is 5.91 Å². The van der Waals surface area contributed by atoms with E-state index in [1.54, 1.807) is 0 Å². The molecule has 1 aliphatic rings. The first-order chi connectivity index (χ1) is 9.13. The maximum absolute atomic E-state index is 10.6. The summed E-state index contributed by atoms with van der Waals surface area (Å²) in [4.78, 5) is 12.9. The van der Waals surface area contributed by atoms with Gasteiger partial charge < -0.3 is 20.7 Å². The smallest absolute Gasteiger partial charge is 0.255 e. The molecule has 0 aliphatic carbocycles. The third-order valence-electron chi connectivity index (χ3n) is 3.29. The minimum atomic E-state index is -0.462. The van der Waals surface area contributed by atoms with E-state index in [1.807, 2.05) is 24.3 Å². The first-order valence-corrected chi connectivity index (χ1v) is 6.55. The number of primary amides is 1. The Balaban J connectivity index is 1.76. The van der Waals surface area contributed by atoms with Crippen molar-refractivity contribution < 1.29 is 9.53 Å². The summed E-state index contributed by atoms with van der Waals surface area (Å²) < 4.78 is 5.21. The lowest BCUT2D eigenvalue weighted by Gasteiger charge is -2.13. The molecule has 5 heteroatoms. The van der Waals surface area contributed by atoms with Crippen LogP contribution in [0.15, 0.2) is 24.3 Å². The van der Waals surface area contributed by atoms with E-state index in [9.17, 15) is 4.79 Å². The zero-order valence-electron chi connectivity index (χ0n) is 11.3. The van der Waals surface area contributed by atoms with Gasteiger partial charge in [0.05, 0.1) is 0 Å². The summed E-state index contributed by atoms with van der Waals surface area (Å²) in [6.45, 7) is 3.05. The maximum atomic E-state index is 10.6. The van der Waals surface area contributed by atoms with Crippen LogP contribution >= 0.6 is 0 Å². The Bertz CT molecular complexity index is 419. The van der Waals surface area contributed by atoms with Gasteiger partial charge in [0.15, 0.2) is 6.61 Å². The van der Waals surface area contributed by atoms with E-state index >= 15 is 0 Å². The number of ether oxygens (including phenoxy) is 1. The van der Waals surface area contributed by atoms with Crippen molar-refractivity contribution in [1.29, 1.82) is 0 Å². The highest BCUT2D eigenvalue weighted by Gasteiger charge is 2.18. The molecule has 2 rings (SSSR count). The molecule has 1 atom stereocenters. The normalized spacial score (nSPS) is 19.5. The van der Waals surface area contributed by atoms with Crippen LogP contribution in [0.1, 0.15) is 12.0 Å². The predicted octanol–water partition coefficient (Wildman–Crippen LogP) is 0.344. The Kier molecular flexibility index (Phi) is 4.76. The quantitative estimate of drug-likeness (QED) is 0.777. The van der Waals surface area contributed by atoms with E-state index in [1.165, 1.54) is 12.0 Å². The van der Waals surface area contributed by atoms with Gasteiger partial charge in [-0.25, -0.2) is 0 Å². The summed E-state index contributed by atoms with van der Waals surface area (Å²) >= 11 is 0. The molecule has 0 aromatic heterocycles. The average molecular weight is 263 g/mol. The SMILES string of the molecule is CN1CCC(NCc2ccc(OCC(N)=O)cc2)C1. The molecule has 104 valence electrons. The zero-order valence-corrected chi connectivity index (χ0v) is 11.3. The topological polar surface area (TPSA) is 67.6 Å². The number of amides is 1. The van der Waals surface area contributed by atoms with E-state index in [2.05, 4.69) is 17.3 Å². The maximum Gasteiger partial charge on any atom is 0.255 e. The number of nitrogens with one attached hydrogen (secondary N) is 1. The number of carbonyl (C=O) groups excluding carboxylic acids is 1. The molecule has 1 aromatic carbocycles. The number of nitrogens with two attached hydrogens (primary N) is 1. The molecular weight excluding hydrogens is 242 g/mol. The fourth-order valence-electron chi connectivity index (χ4n) is 2.22. The van der Waals surface area contributed by atoms with E-state index < -0.39 is 5.91 Å². The van der Waals surface area contributed by atoms with Crippen molar-refractivity contribution in [2.75, 3.05) is 26.7 Å². The van der Waals surface area contributed by atoms with Crippen LogP contribution in [0, 0.1) is 0 Å². The van der Waals surface area contributed by atoms with Crippen LogP contribution < -0.4 is 15.8 Å². The van der Waals surface area contributed by atoms with Crippen LogP contribution in [0.25, 0.3) is 0 Å². The van der Waals surface area contributed by atoms with Crippen LogP contribution in [-0.4, -0.2) is 43.6 Å². The number of rotatable bonds is 6. The van der Waals surface area contributed by atoms with Gasteiger partial charge in [-0.1, -0.05) is 12.1 Å². The van der Waals surface area contributed by atoms with Crippen LogP contribution in [-0.2, 0) is 11.3 Å². The molecule has 0 bridgehead atoms. The lowest BCUT2D eigenvalue weighted by Crippen LogP contribution is -2.30. The summed E-state index contributed by atoms with van der Waals surface area (Å²) in [7, 11) is 2.15. The van der Waals surface area contributed by atoms with Crippen molar-refractivity contribution in [3.63, 3.8) is 0 Å². The minimum absolute atomic E-state index is 0.0774. The predicted molar refractivity (Wildman–Crippen MR) is 73.9 cm³/mol. The van der Waals surface area contributed by atoms with Crippen LogP contribution in [0.3, 0.4) is 0 Å². The third-order valence-corrected chi connectivity index (χ3v) is 3.29. The molecule has 1 fully saturated rings. The first-order valence-electron chi connectivity index (χ1n) is 6.55. The molecule has 3 N–H and O–H groups in total. The van der Waals surface area contributed by atoms with E-state index in [0.717, 1.165) is 19.6 Å². The molecule has 1 aliphatic heterocycles. The fourth-order valence-corrected chi connectivity index (χ4v) is 2.22. The van der Waals surface area contributed by atoms with Gasteiger partial charge in [-0.2, -0.15) is 0 Å². The van der Waals surface area contributed by atoms with E-state index in [0.29, 0.717) is 11.8 Å². The number of nitrogens with zero attached hydrogens (tertiary/aromatic N) is 1. The molecule has 19 heavy (non-hydrogen) atoms. The summed E-state index contributed by atoms with van der Waals surface area (Å²) in [6, 6.07) is 8.31.